The normalized spacial score (nSPS) is 22.4. The zero-order chi connectivity index (χ0) is 29.4. The molecule has 2 aromatic carbocycles. The zero-order valence-electron chi connectivity index (χ0n) is 23.1. The Morgan fingerprint density at radius 1 is 1.15 bits per heavy atom. The molecule has 1 amide bonds. The van der Waals surface area contributed by atoms with Crippen LogP contribution < -0.4 is 17.0 Å². The van der Waals surface area contributed by atoms with Gasteiger partial charge >= 0.3 is 5.69 Å². The van der Waals surface area contributed by atoms with Crippen LogP contribution in [0.25, 0.3) is 16.6 Å². The molecular formula is C31H32F2N4O4. The van der Waals surface area contributed by atoms with Crippen molar-refractivity contribution >= 4 is 16.8 Å². The Kier molecular flexibility index (Phi) is 6.29. The number of aliphatic hydroxyl groups is 1. The largest absolute Gasteiger partial charge is 0.390 e. The molecule has 10 heteroatoms. The number of fused-ring (bicyclic) bond motifs is 4. The number of hydrogen-bond acceptors (Lipinski definition) is 4. The lowest BCUT2D eigenvalue weighted by Crippen LogP contribution is -2.36. The lowest BCUT2D eigenvalue weighted by atomic mass is 9.70. The van der Waals surface area contributed by atoms with E-state index in [0.29, 0.717) is 41.6 Å². The van der Waals surface area contributed by atoms with E-state index in [9.17, 15) is 23.9 Å². The first-order valence-electron chi connectivity index (χ1n) is 13.8. The van der Waals surface area contributed by atoms with Gasteiger partial charge < -0.3 is 20.8 Å². The molecule has 6 rings (SSSR count). The number of primary amides is 1. The molecule has 2 aromatic heterocycles. The molecule has 0 fully saturated rings. The summed E-state index contributed by atoms with van der Waals surface area (Å²) >= 11 is 0. The lowest BCUT2D eigenvalue weighted by Gasteiger charge is -2.35. The van der Waals surface area contributed by atoms with Crippen molar-refractivity contribution < 1.29 is 18.7 Å². The average molecular weight is 563 g/mol. The SMILES string of the molecule is Cc1c(C2c3c([nH]c4c3CCC(C(C)(C)O)C4)C(C(N)=O)CC2F)cccc1-n1c(=O)[nH]c2c(F)cccc2c1=O. The van der Waals surface area contributed by atoms with E-state index in [1.807, 2.05) is 0 Å². The van der Waals surface area contributed by atoms with Gasteiger partial charge in [0.15, 0.2) is 0 Å². The van der Waals surface area contributed by atoms with Crippen LogP contribution in [0.2, 0.25) is 0 Å². The lowest BCUT2D eigenvalue weighted by molar-refractivity contribution is -0.120. The summed E-state index contributed by atoms with van der Waals surface area (Å²) in [6.07, 6.45) is 0.280. The van der Waals surface area contributed by atoms with Crippen LogP contribution in [0.3, 0.4) is 0 Å². The number of aromatic nitrogens is 3. The first-order chi connectivity index (χ1) is 19.4. The first kappa shape index (κ1) is 27.1. The van der Waals surface area contributed by atoms with Crippen LogP contribution in [0, 0.1) is 18.7 Å². The fourth-order valence-electron chi connectivity index (χ4n) is 6.90. The number of alkyl halides is 1. The van der Waals surface area contributed by atoms with Gasteiger partial charge in [0.05, 0.1) is 28.1 Å². The number of H-pyrrole nitrogens is 2. The number of hydrogen-bond donors (Lipinski definition) is 4. The van der Waals surface area contributed by atoms with Crippen molar-refractivity contribution in [1.82, 2.24) is 14.5 Å². The maximum Gasteiger partial charge on any atom is 0.333 e. The van der Waals surface area contributed by atoms with Gasteiger partial charge in [-0.3, -0.25) is 9.59 Å². The second-order valence-electron chi connectivity index (χ2n) is 11.9. The van der Waals surface area contributed by atoms with Crippen LogP contribution in [-0.2, 0) is 17.6 Å². The number of para-hydroxylation sites is 1. The molecule has 4 atom stereocenters. The highest BCUT2D eigenvalue weighted by Crippen LogP contribution is 2.49. The van der Waals surface area contributed by atoms with Crippen molar-refractivity contribution in [2.24, 2.45) is 11.7 Å². The average Bonchev–Trinajstić information content (AvgIpc) is 3.28. The van der Waals surface area contributed by atoms with E-state index >= 15 is 4.39 Å². The van der Waals surface area contributed by atoms with Crippen LogP contribution in [-0.4, -0.2) is 37.3 Å². The number of halogens is 2. The fourth-order valence-corrected chi connectivity index (χ4v) is 6.90. The van der Waals surface area contributed by atoms with Crippen LogP contribution in [0.5, 0.6) is 0 Å². The molecule has 0 saturated carbocycles. The number of aromatic amines is 2. The zero-order valence-corrected chi connectivity index (χ0v) is 23.1. The second-order valence-corrected chi connectivity index (χ2v) is 11.9. The van der Waals surface area contributed by atoms with Gasteiger partial charge in [-0.25, -0.2) is 18.1 Å². The van der Waals surface area contributed by atoms with E-state index in [1.54, 1.807) is 39.0 Å². The molecule has 41 heavy (non-hydrogen) atoms. The van der Waals surface area contributed by atoms with E-state index < -0.39 is 46.6 Å². The summed E-state index contributed by atoms with van der Waals surface area (Å²) in [5, 5.41) is 10.7. The number of carbonyl (C=O) groups is 1. The summed E-state index contributed by atoms with van der Waals surface area (Å²) in [5.74, 6) is -2.93. The van der Waals surface area contributed by atoms with Gasteiger partial charge in [-0.1, -0.05) is 18.2 Å². The Bertz CT molecular complexity index is 1830. The van der Waals surface area contributed by atoms with Gasteiger partial charge in [0.2, 0.25) is 5.91 Å². The Balaban J connectivity index is 1.54. The van der Waals surface area contributed by atoms with Gasteiger partial charge in [-0.15, -0.1) is 0 Å². The highest BCUT2D eigenvalue weighted by atomic mass is 19.1. The second kappa shape index (κ2) is 9.51. The number of amides is 1. The van der Waals surface area contributed by atoms with Gasteiger partial charge in [-0.05, 0) is 92.8 Å². The van der Waals surface area contributed by atoms with Gasteiger partial charge in [0, 0.05) is 17.3 Å². The summed E-state index contributed by atoms with van der Waals surface area (Å²) in [6.45, 7) is 5.28. The fraction of sp³-hybridized carbons (Fsp3) is 0.387. The van der Waals surface area contributed by atoms with Gasteiger partial charge in [-0.2, -0.15) is 0 Å². The number of nitrogens with zero attached hydrogens (tertiary/aromatic N) is 1. The summed E-state index contributed by atoms with van der Waals surface area (Å²) in [4.78, 5) is 44.8. The highest BCUT2D eigenvalue weighted by Gasteiger charge is 2.44. The third-order valence-corrected chi connectivity index (χ3v) is 9.09. The Hall–Kier alpha value is -4.05. The molecule has 0 radical (unpaired) electrons. The molecule has 5 N–H and O–H groups in total. The van der Waals surface area contributed by atoms with Crippen molar-refractivity contribution in [3.63, 3.8) is 0 Å². The first-order valence-corrected chi connectivity index (χ1v) is 13.8. The Morgan fingerprint density at radius 2 is 1.88 bits per heavy atom. The van der Waals surface area contributed by atoms with Crippen LogP contribution in [0.15, 0.2) is 46.0 Å². The topological polar surface area (TPSA) is 134 Å². The molecule has 2 aliphatic rings. The third kappa shape index (κ3) is 4.23. The molecule has 4 unspecified atom stereocenters. The quantitative estimate of drug-likeness (QED) is 0.301. The monoisotopic (exact) mass is 562 g/mol. The molecule has 0 spiro atoms. The van der Waals surface area contributed by atoms with Crippen molar-refractivity contribution in [3.05, 3.63) is 96.7 Å². The molecule has 2 heterocycles. The molecule has 0 saturated heterocycles. The minimum absolute atomic E-state index is 0.0110. The summed E-state index contributed by atoms with van der Waals surface area (Å²) in [6, 6.07) is 9.03. The highest BCUT2D eigenvalue weighted by molar-refractivity contribution is 5.83. The molecule has 4 aromatic rings. The minimum atomic E-state index is -1.46. The number of benzene rings is 2. The maximum atomic E-state index is 16.2. The number of carbonyl (C=O) groups excluding carboxylic acids is 1. The predicted molar refractivity (Wildman–Crippen MR) is 151 cm³/mol. The van der Waals surface area contributed by atoms with E-state index in [2.05, 4.69) is 9.97 Å². The number of rotatable bonds is 4. The smallest absolute Gasteiger partial charge is 0.333 e. The van der Waals surface area contributed by atoms with Gasteiger partial charge in [0.1, 0.15) is 12.0 Å². The number of nitrogens with one attached hydrogen (secondary N) is 2. The van der Waals surface area contributed by atoms with E-state index in [-0.39, 0.29) is 28.9 Å². The van der Waals surface area contributed by atoms with Crippen LogP contribution in [0.1, 0.15) is 72.2 Å². The number of nitrogens with two attached hydrogens (primary N) is 1. The standard InChI is InChI=1S/C31H32F2N4O4/c1-14-16(6-5-9-23(14)37-29(39)18-7-4-8-20(32)26(18)36-30(37)40)24-21(33)13-19(28(34)38)27-25(24)17-11-10-15(31(2,3)41)12-22(17)35-27/h4-9,15,19,21,24,35,41H,10-13H2,1-3H3,(H2,34,38)(H,36,40). The molecule has 0 bridgehead atoms. The summed E-state index contributed by atoms with van der Waals surface area (Å²) in [7, 11) is 0. The van der Waals surface area contributed by atoms with E-state index in [4.69, 9.17) is 5.73 Å². The van der Waals surface area contributed by atoms with Crippen molar-refractivity contribution in [3.8, 4) is 5.69 Å². The minimum Gasteiger partial charge on any atom is -0.390 e. The van der Waals surface area contributed by atoms with Gasteiger partial charge in [0.25, 0.3) is 5.56 Å². The van der Waals surface area contributed by atoms with Crippen molar-refractivity contribution in [1.29, 1.82) is 0 Å². The molecule has 0 aliphatic heterocycles. The molecule has 8 nitrogen and oxygen atoms in total. The Morgan fingerprint density at radius 3 is 2.59 bits per heavy atom. The molecular weight excluding hydrogens is 530 g/mol. The Labute approximate surface area is 234 Å². The maximum absolute atomic E-state index is 16.2. The third-order valence-electron chi connectivity index (χ3n) is 9.09. The predicted octanol–water partition coefficient (Wildman–Crippen LogP) is 3.77. The van der Waals surface area contributed by atoms with Crippen molar-refractivity contribution in [2.75, 3.05) is 0 Å². The molecule has 214 valence electrons. The van der Waals surface area contributed by atoms with Crippen LogP contribution in [0.4, 0.5) is 8.78 Å². The summed E-state index contributed by atoms with van der Waals surface area (Å²) in [5.41, 5.74) is 7.62. The van der Waals surface area contributed by atoms with E-state index in [1.165, 1.54) is 12.1 Å². The van der Waals surface area contributed by atoms with Crippen LogP contribution >= 0.6 is 0 Å². The van der Waals surface area contributed by atoms with E-state index in [0.717, 1.165) is 21.9 Å². The molecule has 2 aliphatic carbocycles. The van der Waals surface area contributed by atoms with Crippen molar-refractivity contribution in [2.45, 2.75) is 70.1 Å². The summed E-state index contributed by atoms with van der Waals surface area (Å²) < 4.78 is 31.5.